The first-order valence-corrected chi connectivity index (χ1v) is 8.10. The zero-order chi connectivity index (χ0) is 18.0. The number of anilines is 1. The van der Waals surface area contributed by atoms with E-state index in [9.17, 15) is 4.79 Å². The minimum atomic E-state index is -0.210. The number of rotatable bonds is 4. The summed E-state index contributed by atoms with van der Waals surface area (Å²) in [7, 11) is 3.13. The molecule has 25 heavy (non-hydrogen) atoms. The van der Waals surface area contributed by atoms with Gasteiger partial charge in [0.25, 0.3) is 5.91 Å². The molecule has 0 saturated carbocycles. The molecule has 128 valence electrons. The van der Waals surface area contributed by atoms with Gasteiger partial charge >= 0.3 is 0 Å². The summed E-state index contributed by atoms with van der Waals surface area (Å²) in [5.41, 5.74) is 2.96. The molecule has 0 aliphatic carbocycles. The van der Waals surface area contributed by atoms with E-state index in [1.165, 1.54) is 4.90 Å². The molecule has 5 nitrogen and oxygen atoms in total. The number of carbonyl (C=O) groups excluding carboxylic acids is 1. The van der Waals surface area contributed by atoms with Crippen LogP contribution in [0.25, 0.3) is 6.08 Å². The third-order valence-electron chi connectivity index (χ3n) is 3.90. The first-order valence-electron chi connectivity index (χ1n) is 7.70. The Morgan fingerprint density at radius 1 is 1.08 bits per heavy atom. The van der Waals surface area contributed by atoms with Crippen LogP contribution in [0.1, 0.15) is 11.1 Å². The molecule has 1 amide bonds. The van der Waals surface area contributed by atoms with E-state index in [-0.39, 0.29) is 5.91 Å². The Balaban J connectivity index is 1.97. The maximum absolute atomic E-state index is 12.8. The molecule has 0 atom stereocenters. The van der Waals surface area contributed by atoms with E-state index in [1.54, 1.807) is 26.4 Å². The molecule has 2 aromatic carbocycles. The molecule has 6 heteroatoms. The summed E-state index contributed by atoms with van der Waals surface area (Å²) in [5.74, 6) is 0.950. The summed E-state index contributed by atoms with van der Waals surface area (Å²) in [5, 5.41) is 3.33. The molecule has 1 saturated heterocycles. The lowest BCUT2D eigenvalue weighted by molar-refractivity contribution is -0.113. The Morgan fingerprint density at radius 2 is 1.80 bits per heavy atom. The lowest BCUT2D eigenvalue weighted by Gasteiger charge is -2.14. The second-order valence-electron chi connectivity index (χ2n) is 5.55. The normalized spacial score (nSPS) is 15.5. The van der Waals surface area contributed by atoms with Crippen LogP contribution >= 0.6 is 12.2 Å². The highest BCUT2D eigenvalue weighted by Gasteiger charge is 2.32. The quantitative estimate of drug-likeness (QED) is 0.675. The van der Waals surface area contributed by atoms with Crippen molar-refractivity contribution in [2.24, 2.45) is 0 Å². The summed E-state index contributed by atoms with van der Waals surface area (Å²) in [4.78, 5) is 14.3. The van der Waals surface area contributed by atoms with E-state index < -0.39 is 0 Å². The van der Waals surface area contributed by atoms with Crippen LogP contribution in [0.15, 0.2) is 48.2 Å². The maximum atomic E-state index is 12.8. The van der Waals surface area contributed by atoms with Gasteiger partial charge in [0.1, 0.15) is 5.70 Å². The van der Waals surface area contributed by atoms with Gasteiger partial charge in [-0.2, -0.15) is 0 Å². The Bertz CT molecular complexity index is 859. The van der Waals surface area contributed by atoms with E-state index in [2.05, 4.69) is 5.32 Å². The molecule has 0 bridgehead atoms. The number of nitrogens with one attached hydrogen (secondary N) is 1. The van der Waals surface area contributed by atoms with E-state index in [0.29, 0.717) is 22.3 Å². The van der Waals surface area contributed by atoms with Crippen LogP contribution in [0, 0.1) is 6.92 Å². The molecule has 1 fully saturated rings. The lowest BCUT2D eigenvalue weighted by Crippen LogP contribution is -2.30. The monoisotopic (exact) mass is 354 g/mol. The smallest absolute Gasteiger partial charge is 0.281 e. The molecule has 1 N–H and O–H groups in total. The Hall–Kier alpha value is -2.86. The van der Waals surface area contributed by atoms with Crippen LogP contribution in [0.4, 0.5) is 5.69 Å². The van der Waals surface area contributed by atoms with Crippen molar-refractivity contribution in [1.29, 1.82) is 0 Å². The SMILES string of the molecule is COc1cccc(/C=C2\NC(=S)N(c3ccc(C)cc3)C2=O)c1OC. The van der Waals surface area contributed by atoms with Crippen molar-refractivity contribution in [2.75, 3.05) is 19.1 Å². The number of nitrogens with zero attached hydrogens (tertiary/aromatic N) is 1. The molecule has 1 aliphatic rings. The predicted octanol–water partition coefficient (Wildman–Crippen LogP) is 3.27. The minimum absolute atomic E-state index is 0.210. The summed E-state index contributed by atoms with van der Waals surface area (Å²) >= 11 is 5.33. The highest BCUT2D eigenvalue weighted by molar-refractivity contribution is 7.80. The highest BCUT2D eigenvalue weighted by Crippen LogP contribution is 2.33. The van der Waals surface area contributed by atoms with Gasteiger partial charge in [-0.1, -0.05) is 29.8 Å². The van der Waals surface area contributed by atoms with Crippen molar-refractivity contribution >= 4 is 35.0 Å². The van der Waals surface area contributed by atoms with E-state index in [4.69, 9.17) is 21.7 Å². The second-order valence-corrected chi connectivity index (χ2v) is 5.93. The summed E-state index contributed by atoms with van der Waals surface area (Å²) in [6.07, 6.45) is 1.71. The Morgan fingerprint density at radius 3 is 2.44 bits per heavy atom. The van der Waals surface area contributed by atoms with Crippen LogP contribution in [-0.2, 0) is 4.79 Å². The number of benzene rings is 2. The van der Waals surface area contributed by atoms with Gasteiger partial charge in [-0.05, 0) is 43.4 Å². The summed E-state index contributed by atoms with van der Waals surface area (Å²) in [6, 6.07) is 13.1. The third kappa shape index (κ3) is 3.21. The van der Waals surface area contributed by atoms with Crippen molar-refractivity contribution < 1.29 is 14.3 Å². The van der Waals surface area contributed by atoms with Crippen molar-refractivity contribution in [1.82, 2.24) is 5.32 Å². The molecule has 0 radical (unpaired) electrons. The number of aryl methyl sites for hydroxylation is 1. The van der Waals surface area contributed by atoms with Gasteiger partial charge in [0.05, 0.1) is 19.9 Å². The molecule has 0 aromatic heterocycles. The topological polar surface area (TPSA) is 50.8 Å². The standard InChI is InChI=1S/C19H18N2O3S/c1-12-7-9-14(10-8-12)21-18(22)15(20-19(21)25)11-13-5-4-6-16(23-2)17(13)24-3/h4-11H,1-3H3,(H,20,25)/b15-11-. The van der Waals surface area contributed by atoms with Gasteiger partial charge in [-0.3, -0.25) is 9.69 Å². The average molecular weight is 354 g/mol. The van der Waals surface area contributed by atoms with Crippen LogP contribution in [0.5, 0.6) is 11.5 Å². The number of para-hydroxylation sites is 1. The Kier molecular flexibility index (Phi) is 4.72. The van der Waals surface area contributed by atoms with E-state index in [0.717, 1.165) is 16.8 Å². The zero-order valence-electron chi connectivity index (χ0n) is 14.2. The number of ether oxygens (including phenoxy) is 2. The fourth-order valence-electron chi connectivity index (χ4n) is 2.64. The molecule has 2 aromatic rings. The van der Waals surface area contributed by atoms with E-state index in [1.807, 2.05) is 43.3 Å². The lowest BCUT2D eigenvalue weighted by atomic mass is 10.1. The number of amides is 1. The van der Waals surface area contributed by atoms with Gasteiger partial charge < -0.3 is 14.8 Å². The number of methoxy groups -OCH3 is 2. The number of hydrogen-bond acceptors (Lipinski definition) is 4. The zero-order valence-corrected chi connectivity index (χ0v) is 15.0. The van der Waals surface area contributed by atoms with Crippen LogP contribution < -0.4 is 19.7 Å². The van der Waals surface area contributed by atoms with Crippen LogP contribution in [0.3, 0.4) is 0 Å². The molecular formula is C19H18N2O3S. The summed E-state index contributed by atoms with van der Waals surface area (Å²) < 4.78 is 10.7. The van der Waals surface area contributed by atoms with Crippen LogP contribution in [0.2, 0.25) is 0 Å². The molecular weight excluding hydrogens is 336 g/mol. The first kappa shape index (κ1) is 17.0. The van der Waals surface area contributed by atoms with Crippen molar-refractivity contribution in [3.05, 3.63) is 59.3 Å². The number of carbonyl (C=O) groups is 1. The fourth-order valence-corrected chi connectivity index (χ4v) is 2.94. The average Bonchev–Trinajstić information content (AvgIpc) is 2.89. The molecule has 1 aliphatic heterocycles. The molecule has 3 rings (SSSR count). The first-order chi connectivity index (χ1) is 12.0. The number of hydrogen-bond donors (Lipinski definition) is 1. The van der Waals surface area contributed by atoms with Gasteiger partial charge in [0, 0.05) is 5.56 Å². The fraction of sp³-hybridized carbons (Fsp3) is 0.158. The van der Waals surface area contributed by atoms with Gasteiger partial charge in [0.2, 0.25) is 0 Å². The van der Waals surface area contributed by atoms with Gasteiger partial charge in [-0.25, -0.2) is 0 Å². The summed E-state index contributed by atoms with van der Waals surface area (Å²) in [6.45, 7) is 1.99. The number of thiocarbonyl (C=S) groups is 1. The van der Waals surface area contributed by atoms with Gasteiger partial charge in [-0.15, -0.1) is 0 Å². The predicted molar refractivity (Wildman–Crippen MR) is 102 cm³/mol. The van der Waals surface area contributed by atoms with Crippen molar-refractivity contribution in [3.63, 3.8) is 0 Å². The minimum Gasteiger partial charge on any atom is -0.493 e. The largest absolute Gasteiger partial charge is 0.493 e. The Labute approximate surface area is 151 Å². The molecule has 0 spiro atoms. The third-order valence-corrected chi connectivity index (χ3v) is 4.19. The van der Waals surface area contributed by atoms with E-state index >= 15 is 0 Å². The maximum Gasteiger partial charge on any atom is 0.281 e. The van der Waals surface area contributed by atoms with Crippen LogP contribution in [-0.4, -0.2) is 25.2 Å². The van der Waals surface area contributed by atoms with Crippen molar-refractivity contribution in [3.8, 4) is 11.5 Å². The van der Waals surface area contributed by atoms with Gasteiger partial charge in [0.15, 0.2) is 16.6 Å². The molecule has 1 heterocycles. The molecule has 0 unspecified atom stereocenters. The van der Waals surface area contributed by atoms with Crippen molar-refractivity contribution in [2.45, 2.75) is 6.92 Å². The highest BCUT2D eigenvalue weighted by atomic mass is 32.1. The second kappa shape index (κ2) is 6.94.